The van der Waals surface area contributed by atoms with Crippen molar-refractivity contribution in [3.05, 3.63) is 49.7 Å². The second-order valence-corrected chi connectivity index (χ2v) is 5.46. The number of thiazole rings is 1. The molecule has 2 rings (SSSR count). The van der Waals surface area contributed by atoms with E-state index in [2.05, 4.69) is 10.3 Å². The molecule has 106 valence electrons. The number of nitro groups is 1. The highest BCUT2D eigenvalue weighted by Gasteiger charge is 2.19. The maximum atomic E-state index is 13.4. The summed E-state index contributed by atoms with van der Waals surface area (Å²) in [6, 6.07) is 2.21. The van der Waals surface area contributed by atoms with Crippen molar-refractivity contribution in [1.29, 1.82) is 0 Å². The number of benzene rings is 1. The Morgan fingerprint density at radius 3 is 2.70 bits per heavy atom. The molecule has 2 aromatic rings. The molecule has 0 spiro atoms. The van der Waals surface area contributed by atoms with Crippen molar-refractivity contribution >= 4 is 22.7 Å². The molecule has 0 radical (unpaired) electrons. The lowest BCUT2D eigenvalue weighted by atomic mass is 10.1. The number of nitro benzene ring substituents is 1. The smallest absolute Gasteiger partial charge is 0.295 e. The molecule has 1 aromatic carbocycles. The van der Waals surface area contributed by atoms with Crippen LogP contribution in [0.15, 0.2) is 17.5 Å². The Hall–Kier alpha value is -2.02. The molecule has 7 heteroatoms. The van der Waals surface area contributed by atoms with Gasteiger partial charge in [-0.25, -0.2) is 9.37 Å². The molecular formula is C13H14FN3O2S. The highest BCUT2D eigenvalue weighted by atomic mass is 32.1. The number of hydrogen-bond donors (Lipinski definition) is 1. The molecule has 1 heterocycles. The van der Waals surface area contributed by atoms with Crippen LogP contribution in [0.3, 0.4) is 0 Å². The topological polar surface area (TPSA) is 68.1 Å². The molecule has 1 N–H and O–H groups in total. The van der Waals surface area contributed by atoms with Crippen molar-refractivity contribution in [3.63, 3.8) is 0 Å². The standard InChI is InChI=1S/C13H14FN3O2S/c1-7-4-11(12(17(18)19)5-10(7)14)16-9(3)13-15-8(2)6-20-13/h4-6,9,16H,1-3H3. The third-order valence-corrected chi connectivity index (χ3v) is 4.00. The van der Waals surface area contributed by atoms with E-state index in [-0.39, 0.29) is 11.7 Å². The Balaban J connectivity index is 2.33. The number of aryl methyl sites for hydroxylation is 2. The van der Waals surface area contributed by atoms with Crippen LogP contribution in [0.25, 0.3) is 0 Å². The summed E-state index contributed by atoms with van der Waals surface area (Å²) in [5, 5.41) is 16.8. The van der Waals surface area contributed by atoms with Gasteiger partial charge in [0.05, 0.1) is 17.0 Å². The lowest BCUT2D eigenvalue weighted by molar-refractivity contribution is -0.384. The van der Waals surface area contributed by atoms with Crippen LogP contribution >= 0.6 is 11.3 Å². The van der Waals surface area contributed by atoms with Crippen LogP contribution in [-0.2, 0) is 0 Å². The molecule has 0 bridgehead atoms. The molecule has 1 atom stereocenters. The van der Waals surface area contributed by atoms with E-state index < -0.39 is 10.7 Å². The lowest BCUT2D eigenvalue weighted by Crippen LogP contribution is -2.09. The van der Waals surface area contributed by atoms with E-state index in [1.165, 1.54) is 17.4 Å². The molecule has 0 aliphatic heterocycles. The number of nitrogens with zero attached hydrogens (tertiary/aromatic N) is 2. The molecule has 1 aromatic heterocycles. The second kappa shape index (κ2) is 5.54. The average molecular weight is 295 g/mol. The molecule has 0 fully saturated rings. The molecule has 1 unspecified atom stereocenters. The molecule has 0 aliphatic rings. The zero-order valence-corrected chi connectivity index (χ0v) is 12.1. The van der Waals surface area contributed by atoms with Gasteiger partial charge in [-0.15, -0.1) is 11.3 Å². The van der Waals surface area contributed by atoms with Gasteiger partial charge in [0.2, 0.25) is 0 Å². The van der Waals surface area contributed by atoms with Crippen molar-refractivity contribution in [2.45, 2.75) is 26.8 Å². The van der Waals surface area contributed by atoms with Gasteiger partial charge in [-0.05, 0) is 32.4 Å². The predicted molar refractivity (Wildman–Crippen MR) is 76.7 cm³/mol. The van der Waals surface area contributed by atoms with E-state index in [1.807, 2.05) is 19.2 Å². The Bertz CT molecular complexity index is 657. The normalized spacial score (nSPS) is 12.2. The fourth-order valence-corrected chi connectivity index (χ4v) is 2.61. The summed E-state index contributed by atoms with van der Waals surface area (Å²) in [5.74, 6) is -0.583. The first kappa shape index (κ1) is 14.4. The van der Waals surface area contributed by atoms with Crippen LogP contribution in [-0.4, -0.2) is 9.91 Å². The Morgan fingerprint density at radius 1 is 1.45 bits per heavy atom. The van der Waals surface area contributed by atoms with Gasteiger partial charge in [-0.2, -0.15) is 0 Å². The van der Waals surface area contributed by atoms with Crippen LogP contribution in [0, 0.1) is 29.8 Å². The fraction of sp³-hybridized carbons (Fsp3) is 0.308. The van der Waals surface area contributed by atoms with E-state index in [1.54, 1.807) is 6.92 Å². The predicted octanol–water partition coefficient (Wildman–Crippen LogP) is 3.98. The van der Waals surface area contributed by atoms with Gasteiger partial charge in [0, 0.05) is 11.1 Å². The maximum absolute atomic E-state index is 13.4. The van der Waals surface area contributed by atoms with E-state index in [9.17, 15) is 14.5 Å². The lowest BCUT2D eigenvalue weighted by Gasteiger charge is -2.13. The van der Waals surface area contributed by atoms with E-state index >= 15 is 0 Å². The van der Waals surface area contributed by atoms with E-state index in [0.29, 0.717) is 11.3 Å². The zero-order chi connectivity index (χ0) is 14.9. The van der Waals surface area contributed by atoms with Gasteiger partial charge in [-0.3, -0.25) is 10.1 Å². The molecule has 0 saturated heterocycles. The molecule has 0 amide bonds. The van der Waals surface area contributed by atoms with Gasteiger partial charge in [0.1, 0.15) is 16.5 Å². The summed E-state index contributed by atoms with van der Waals surface area (Å²) in [7, 11) is 0. The van der Waals surface area contributed by atoms with Crippen molar-refractivity contribution in [2.75, 3.05) is 5.32 Å². The van der Waals surface area contributed by atoms with Gasteiger partial charge in [-0.1, -0.05) is 0 Å². The van der Waals surface area contributed by atoms with Crippen LogP contribution in [0.2, 0.25) is 0 Å². The van der Waals surface area contributed by atoms with E-state index in [0.717, 1.165) is 16.8 Å². The number of nitrogens with one attached hydrogen (secondary N) is 1. The first-order valence-corrected chi connectivity index (χ1v) is 6.89. The molecule has 0 aliphatic carbocycles. The first-order valence-electron chi connectivity index (χ1n) is 6.01. The quantitative estimate of drug-likeness (QED) is 0.684. The third-order valence-electron chi connectivity index (χ3n) is 2.85. The van der Waals surface area contributed by atoms with Crippen molar-refractivity contribution in [2.24, 2.45) is 0 Å². The van der Waals surface area contributed by atoms with Gasteiger partial charge in [0.15, 0.2) is 0 Å². The summed E-state index contributed by atoms with van der Waals surface area (Å²) in [5.41, 5.74) is 1.30. The molecule has 5 nitrogen and oxygen atoms in total. The average Bonchev–Trinajstić information content (AvgIpc) is 2.80. The summed E-state index contributed by atoms with van der Waals surface area (Å²) in [4.78, 5) is 14.7. The highest BCUT2D eigenvalue weighted by molar-refractivity contribution is 7.09. The summed E-state index contributed by atoms with van der Waals surface area (Å²) < 4.78 is 13.4. The monoisotopic (exact) mass is 295 g/mol. The molecule has 0 saturated carbocycles. The number of hydrogen-bond acceptors (Lipinski definition) is 5. The summed E-state index contributed by atoms with van der Waals surface area (Å²) >= 11 is 1.48. The summed E-state index contributed by atoms with van der Waals surface area (Å²) in [6.07, 6.45) is 0. The zero-order valence-electron chi connectivity index (χ0n) is 11.3. The van der Waals surface area contributed by atoms with Gasteiger partial charge in [0.25, 0.3) is 5.69 Å². The van der Waals surface area contributed by atoms with Gasteiger partial charge >= 0.3 is 0 Å². The minimum Gasteiger partial charge on any atom is -0.371 e. The van der Waals surface area contributed by atoms with Crippen LogP contribution in [0.5, 0.6) is 0 Å². The van der Waals surface area contributed by atoms with Crippen molar-refractivity contribution < 1.29 is 9.31 Å². The Labute approximate surface area is 119 Å². The van der Waals surface area contributed by atoms with Crippen LogP contribution in [0.4, 0.5) is 15.8 Å². The molecule has 20 heavy (non-hydrogen) atoms. The first-order chi connectivity index (χ1) is 9.38. The number of rotatable bonds is 4. The van der Waals surface area contributed by atoms with Gasteiger partial charge < -0.3 is 5.32 Å². The van der Waals surface area contributed by atoms with Crippen LogP contribution in [0.1, 0.15) is 29.2 Å². The minimum absolute atomic E-state index is 0.183. The highest BCUT2D eigenvalue weighted by Crippen LogP contribution is 2.31. The SMILES string of the molecule is Cc1csc(C(C)Nc2cc(C)c(F)cc2[N+](=O)[O-])n1. The van der Waals surface area contributed by atoms with Crippen molar-refractivity contribution in [1.82, 2.24) is 4.98 Å². The maximum Gasteiger partial charge on any atom is 0.295 e. The largest absolute Gasteiger partial charge is 0.371 e. The van der Waals surface area contributed by atoms with Crippen LogP contribution < -0.4 is 5.32 Å². The Morgan fingerprint density at radius 2 is 2.15 bits per heavy atom. The fourth-order valence-electron chi connectivity index (χ4n) is 1.80. The van der Waals surface area contributed by atoms with Crippen molar-refractivity contribution in [3.8, 4) is 0 Å². The number of anilines is 1. The third kappa shape index (κ3) is 2.93. The number of halogens is 1. The second-order valence-electron chi connectivity index (χ2n) is 4.57. The minimum atomic E-state index is -0.593. The Kier molecular flexibility index (Phi) is 3.99. The molecular weight excluding hydrogens is 281 g/mol. The van der Waals surface area contributed by atoms with E-state index in [4.69, 9.17) is 0 Å². The number of aromatic nitrogens is 1. The summed E-state index contributed by atoms with van der Waals surface area (Å²) in [6.45, 7) is 5.32.